The van der Waals surface area contributed by atoms with Crippen LogP contribution >= 0.6 is 0 Å². The number of carbonyl (C=O) groups excluding carboxylic acids is 6. The lowest BCUT2D eigenvalue weighted by molar-refractivity contribution is -0.138. The number of hydrogen-bond acceptors (Lipinski definition) is 12. The molecule has 62 heavy (non-hydrogen) atoms. The van der Waals surface area contributed by atoms with E-state index in [9.17, 15) is 28.8 Å². The molecule has 0 aromatic heterocycles. The van der Waals surface area contributed by atoms with Gasteiger partial charge in [0, 0.05) is 35.7 Å². The fourth-order valence-corrected chi connectivity index (χ4v) is 5.31. The van der Waals surface area contributed by atoms with Crippen LogP contribution in [0.3, 0.4) is 0 Å². The van der Waals surface area contributed by atoms with E-state index in [2.05, 4.69) is 23.8 Å². The van der Waals surface area contributed by atoms with Crippen LogP contribution < -0.4 is 29.6 Å². The van der Waals surface area contributed by atoms with Gasteiger partial charge < -0.3 is 39.1 Å². The second-order valence-corrected chi connectivity index (χ2v) is 13.4. The van der Waals surface area contributed by atoms with Gasteiger partial charge in [0.2, 0.25) is 0 Å². The number of anilines is 2. The van der Waals surface area contributed by atoms with Crippen molar-refractivity contribution in [2.75, 3.05) is 37.1 Å². The van der Waals surface area contributed by atoms with Gasteiger partial charge in [-0.2, -0.15) is 0 Å². The highest BCUT2D eigenvalue weighted by Crippen LogP contribution is 2.22. The minimum absolute atomic E-state index is 0.290. The van der Waals surface area contributed by atoms with Crippen LogP contribution in [0.15, 0.2) is 122 Å². The van der Waals surface area contributed by atoms with E-state index in [0.717, 1.165) is 12.2 Å². The van der Waals surface area contributed by atoms with Crippen molar-refractivity contribution in [1.82, 2.24) is 0 Å². The van der Waals surface area contributed by atoms with Crippen molar-refractivity contribution in [3.05, 3.63) is 145 Å². The van der Waals surface area contributed by atoms with Gasteiger partial charge in [0.1, 0.15) is 23.0 Å². The summed E-state index contributed by atoms with van der Waals surface area (Å²) < 4.78 is 31.9. The van der Waals surface area contributed by atoms with Gasteiger partial charge in [0.05, 0.1) is 26.4 Å². The summed E-state index contributed by atoms with van der Waals surface area (Å²) in [5.74, 6) is -1.99. The molecule has 4 aromatic carbocycles. The van der Waals surface area contributed by atoms with Crippen molar-refractivity contribution >= 4 is 59.2 Å². The van der Waals surface area contributed by atoms with Gasteiger partial charge >= 0.3 is 35.7 Å². The van der Waals surface area contributed by atoms with Crippen LogP contribution in [0, 0.1) is 13.8 Å². The third kappa shape index (κ3) is 16.9. The number of benzene rings is 4. The Kier molecular flexibility index (Phi) is 18.9. The third-order valence-electron chi connectivity index (χ3n) is 8.55. The number of rotatable bonds is 22. The Balaban J connectivity index is 1.17. The van der Waals surface area contributed by atoms with Crippen molar-refractivity contribution in [3.8, 4) is 23.0 Å². The number of unbranched alkanes of at least 4 members (excludes halogenated alkanes) is 2. The van der Waals surface area contributed by atoms with Crippen LogP contribution in [0.5, 0.6) is 23.0 Å². The number of carbonyl (C=O) groups is 6. The SMILES string of the molecule is C=CC(=O)OCCCCOc1ccc(OC(=O)/C=C/c2ccc(NC(=O)C(=O)Nc3ccc(/C=C/C(=O)Oc4ccc(OCCCCOC(=O)C=C)cc4)cc3C)c(C)c2)cc1. The molecule has 0 fully saturated rings. The molecule has 14 nitrogen and oxygen atoms in total. The van der Waals surface area contributed by atoms with E-state index in [1.54, 1.807) is 111 Å². The zero-order chi connectivity index (χ0) is 44.7. The average molecular weight is 845 g/mol. The summed E-state index contributed by atoms with van der Waals surface area (Å²) in [5.41, 5.74) is 3.46. The number of hydrogen-bond donors (Lipinski definition) is 2. The van der Waals surface area contributed by atoms with Crippen LogP contribution in [-0.2, 0) is 38.2 Å². The summed E-state index contributed by atoms with van der Waals surface area (Å²) in [7, 11) is 0. The molecule has 322 valence electrons. The van der Waals surface area contributed by atoms with E-state index >= 15 is 0 Å². The minimum atomic E-state index is -0.877. The Morgan fingerprint density at radius 3 is 1.19 bits per heavy atom. The predicted molar refractivity (Wildman–Crippen MR) is 234 cm³/mol. The zero-order valence-corrected chi connectivity index (χ0v) is 34.5. The van der Waals surface area contributed by atoms with Crippen LogP contribution in [0.25, 0.3) is 12.2 Å². The molecule has 2 N–H and O–H groups in total. The number of esters is 4. The topological polar surface area (TPSA) is 182 Å². The molecule has 0 saturated heterocycles. The van der Waals surface area contributed by atoms with Crippen LogP contribution in [0.2, 0.25) is 0 Å². The van der Waals surface area contributed by atoms with Crippen molar-refractivity contribution < 1.29 is 57.2 Å². The maximum absolute atomic E-state index is 12.8. The second-order valence-electron chi connectivity index (χ2n) is 13.4. The largest absolute Gasteiger partial charge is 0.494 e. The highest BCUT2D eigenvalue weighted by atomic mass is 16.5. The lowest BCUT2D eigenvalue weighted by Gasteiger charge is -2.11. The van der Waals surface area contributed by atoms with Gasteiger partial charge in [-0.1, -0.05) is 25.3 Å². The predicted octanol–water partition coefficient (Wildman–Crippen LogP) is 7.89. The third-order valence-corrected chi connectivity index (χ3v) is 8.55. The Hall–Kier alpha value is -7.74. The molecule has 0 spiro atoms. The van der Waals surface area contributed by atoms with Crippen LogP contribution in [-0.4, -0.2) is 62.1 Å². The Bertz CT molecular complexity index is 2120. The van der Waals surface area contributed by atoms with Gasteiger partial charge in [-0.25, -0.2) is 19.2 Å². The second kappa shape index (κ2) is 25.0. The molecule has 0 atom stereocenters. The molecule has 14 heteroatoms. The molecule has 0 unspecified atom stereocenters. The summed E-state index contributed by atoms with van der Waals surface area (Å²) in [4.78, 5) is 72.6. The smallest absolute Gasteiger partial charge is 0.336 e. The van der Waals surface area contributed by atoms with E-state index in [1.165, 1.54) is 12.2 Å². The summed E-state index contributed by atoms with van der Waals surface area (Å²) in [6, 6.07) is 23.3. The molecule has 0 aliphatic heterocycles. The maximum atomic E-state index is 12.8. The van der Waals surface area contributed by atoms with Crippen molar-refractivity contribution in [1.29, 1.82) is 0 Å². The van der Waals surface area contributed by atoms with E-state index < -0.39 is 35.7 Å². The molecule has 4 rings (SSSR count). The van der Waals surface area contributed by atoms with E-state index in [4.69, 9.17) is 28.4 Å². The molecule has 0 heterocycles. The summed E-state index contributed by atoms with van der Waals surface area (Å²) >= 11 is 0. The highest BCUT2D eigenvalue weighted by Gasteiger charge is 2.16. The Morgan fingerprint density at radius 2 is 0.839 bits per heavy atom. The van der Waals surface area contributed by atoms with E-state index in [0.29, 0.717) is 109 Å². The monoisotopic (exact) mass is 844 g/mol. The summed E-state index contributed by atoms with van der Waals surface area (Å²) in [5, 5.41) is 5.22. The number of nitrogens with one attached hydrogen (secondary N) is 2. The highest BCUT2D eigenvalue weighted by molar-refractivity contribution is 6.43. The molecule has 0 radical (unpaired) electrons. The quantitative estimate of drug-likeness (QED) is 0.0257. The first-order valence-corrected chi connectivity index (χ1v) is 19.6. The number of amides is 2. The first-order chi connectivity index (χ1) is 29.9. The van der Waals surface area contributed by atoms with Crippen LogP contribution in [0.4, 0.5) is 11.4 Å². The molecular formula is C48H48N2O12. The van der Waals surface area contributed by atoms with E-state index in [1.807, 2.05) is 0 Å². The normalized spacial score (nSPS) is 10.7. The average Bonchev–Trinajstić information content (AvgIpc) is 3.27. The molecule has 0 saturated carbocycles. The lowest BCUT2D eigenvalue weighted by Crippen LogP contribution is -2.29. The van der Waals surface area contributed by atoms with Crippen molar-refractivity contribution in [2.45, 2.75) is 39.5 Å². The summed E-state index contributed by atoms with van der Waals surface area (Å²) in [6.07, 6.45) is 10.6. The minimum Gasteiger partial charge on any atom is -0.494 e. The van der Waals surface area contributed by atoms with Crippen molar-refractivity contribution in [2.24, 2.45) is 0 Å². The summed E-state index contributed by atoms with van der Waals surface area (Å²) in [6.45, 7) is 11.6. The molecule has 4 aromatic rings. The standard InChI is InChI=1S/C48H48N2O12/c1-5-43(51)59-29-9-7-27-57-37-15-19-39(20-16-37)61-45(53)25-13-35-11-23-41(33(3)31-35)49-47(55)48(56)50-42-24-12-36(32-34(42)4)14-26-46(54)62-40-21-17-38(18-22-40)58-28-8-10-30-60-44(52)6-2/h5-6,11-26,31-32H,1-2,7-10,27-30H2,3-4H3,(H,49,55)(H,50,56)/b25-13+,26-14+. The van der Waals surface area contributed by atoms with Crippen molar-refractivity contribution in [3.63, 3.8) is 0 Å². The molecule has 0 aliphatic carbocycles. The molecule has 2 amide bonds. The van der Waals surface area contributed by atoms with Gasteiger partial charge in [-0.3, -0.25) is 9.59 Å². The first kappa shape index (κ1) is 46.9. The maximum Gasteiger partial charge on any atom is 0.336 e. The molecule has 0 aliphatic rings. The van der Waals surface area contributed by atoms with Gasteiger partial charge in [0.25, 0.3) is 0 Å². The van der Waals surface area contributed by atoms with Gasteiger partial charge in [-0.05, 0) is 147 Å². The number of ether oxygens (including phenoxy) is 6. The van der Waals surface area contributed by atoms with Crippen LogP contribution in [0.1, 0.15) is 47.9 Å². The number of aryl methyl sites for hydroxylation is 2. The van der Waals surface area contributed by atoms with Gasteiger partial charge in [-0.15, -0.1) is 0 Å². The Labute approximate surface area is 359 Å². The first-order valence-electron chi connectivity index (χ1n) is 19.6. The Morgan fingerprint density at radius 1 is 0.484 bits per heavy atom. The van der Waals surface area contributed by atoms with E-state index in [-0.39, 0.29) is 0 Å². The fraction of sp³-hybridized carbons (Fsp3) is 0.208. The molecular weight excluding hydrogens is 797 g/mol. The van der Waals surface area contributed by atoms with Gasteiger partial charge in [0.15, 0.2) is 0 Å². The lowest BCUT2D eigenvalue weighted by atomic mass is 10.1. The zero-order valence-electron chi connectivity index (χ0n) is 34.5. The fourth-order valence-electron chi connectivity index (χ4n) is 5.31. The molecule has 0 bridgehead atoms.